The van der Waals surface area contributed by atoms with Crippen LogP contribution in [0.1, 0.15) is 40.5 Å². The molecule has 0 saturated heterocycles. The summed E-state index contributed by atoms with van der Waals surface area (Å²) in [6.07, 6.45) is 4.48. The second-order valence-corrected chi connectivity index (χ2v) is 4.12. The highest BCUT2D eigenvalue weighted by molar-refractivity contribution is 5.83. The average molecular weight is 196 g/mol. The van der Waals surface area contributed by atoms with Crippen LogP contribution in [0.3, 0.4) is 0 Å². The lowest BCUT2D eigenvalue weighted by Crippen LogP contribution is -2.06. The molecular weight excluding hydrogens is 176 g/mol. The van der Waals surface area contributed by atoms with E-state index in [0.717, 1.165) is 0 Å². The van der Waals surface area contributed by atoms with Crippen molar-refractivity contribution in [3.05, 3.63) is 12.2 Å². The summed E-state index contributed by atoms with van der Waals surface area (Å²) in [6, 6.07) is 0. The first kappa shape index (κ1) is 13.1. The van der Waals surface area contributed by atoms with E-state index in [4.69, 9.17) is 0 Å². The van der Waals surface area contributed by atoms with Crippen LogP contribution in [0.15, 0.2) is 12.2 Å². The van der Waals surface area contributed by atoms with Crippen molar-refractivity contribution >= 4 is 11.6 Å². The number of carbonyl (C=O) groups excluding carboxylic acids is 2. The third-order valence-electron chi connectivity index (χ3n) is 2.09. The summed E-state index contributed by atoms with van der Waals surface area (Å²) in [5.74, 6) is 0.609. The highest BCUT2D eigenvalue weighted by atomic mass is 16.1. The molecule has 0 aliphatic carbocycles. The summed E-state index contributed by atoms with van der Waals surface area (Å²) in [7, 11) is 0. The van der Waals surface area contributed by atoms with Gasteiger partial charge in [0.2, 0.25) is 0 Å². The van der Waals surface area contributed by atoms with Gasteiger partial charge in [0.05, 0.1) is 0 Å². The van der Waals surface area contributed by atoms with E-state index in [-0.39, 0.29) is 23.4 Å². The summed E-state index contributed by atoms with van der Waals surface area (Å²) in [4.78, 5) is 22.4. The number of ketones is 2. The van der Waals surface area contributed by atoms with Crippen molar-refractivity contribution in [3.8, 4) is 0 Å². The standard InChI is InChI=1S/C12H20O2/c1-9(2)11(13)7-5-6-8-12(14)10(3)4/h5-6,9-10H,7-8H2,1-4H3/b6-5+. The Labute approximate surface area is 86.4 Å². The summed E-state index contributed by atoms with van der Waals surface area (Å²) in [5, 5.41) is 0. The summed E-state index contributed by atoms with van der Waals surface area (Å²) in [5.41, 5.74) is 0. The molecule has 0 radical (unpaired) electrons. The van der Waals surface area contributed by atoms with E-state index in [1.54, 1.807) is 12.2 Å². The molecule has 0 aliphatic rings. The molecule has 2 nitrogen and oxygen atoms in total. The van der Waals surface area contributed by atoms with E-state index >= 15 is 0 Å². The van der Waals surface area contributed by atoms with Crippen molar-refractivity contribution in [1.29, 1.82) is 0 Å². The van der Waals surface area contributed by atoms with Crippen molar-refractivity contribution in [1.82, 2.24) is 0 Å². The molecule has 2 heteroatoms. The van der Waals surface area contributed by atoms with Gasteiger partial charge < -0.3 is 0 Å². The number of carbonyl (C=O) groups is 2. The molecule has 0 aromatic heterocycles. The molecule has 14 heavy (non-hydrogen) atoms. The van der Waals surface area contributed by atoms with Crippen molar-refractivity contribution in [2.24, 2.45) is 11.8 Å². The number of Topliss-reactive ketones (excluding diaryl/α,β-unsaturated/α-hetero) is 2. The molecule has 0 N–H and O–H groups in total. The number of hydrogen-bond donors (Lipinski definition) is 0. The van der Waals surface area contributed by atoms with Gasteiger partial charge in [-0.05, 0) is 0 Å². The first-order chi connectivity index (χ1) is 6.45. The summed E-state index contributed by atoms with van der Waals surface area (Å²) in [6.45, 7) is 7.54. The third-order valence-corrected chi connectivity index (χ3v) is 2.09. The van der Waals surface area contributed by atoms with Crippen molar-refractivity contribution < 1.29 is 9.59 Å². The van der Waals surface area contributed by atoms with Crippen LogP contribution in [-0.4, -0.2) is 11.6 Å². The normalized spacial score (nSPS) is 11.6. The van der Waals surface area contributed by atoms with Crippen molar-refractivity contribution in [3.63, 3.8) is 0 Å². The van der Waals surface area contributed by atoms with E-state index < -0.39 is 0 Å². The number of rotatable bonds is 6. The van der Waals surface area contributed by atoms with Gasteiger partial charge in [-0.2, -0.15) is 0 Å². The minimum atomic E-state index is 0.0838. The van der Waals surface area contributed by atoms with Gasteiger partial charge in [-0.1, -0.05) is 39.8 Å². The molecule has 0 fully saturated rings. The number of hydrogen-bond acceptors (Lipinski definition) is 2. The molecule has 0 unspecified atom stereocenters. The van der Waals surface area contributed by atoms with Crippen LogP contribution >= 0.6 is 0 Å². The average Bonchev–Trinajstić information content (AvgIpc) is 2.11. The van der Waals surface area contributed by atoms with Gasteiger partial charge in [0, 0.05) is 24.7 Å². The molecule has 0 amide bonds. The molecule has 0 rings (SSSR count). The first-order valence-corrected chi connectivity index (χ1v) is 5.15. The van der Waals surface area contributed by atoms with Crippen LogP contribution in [0.5, 0.6) is 0 Å². The van der Waals surface area contributed by atoms with Crippen LogP contribution < -0.4 is 0 Å². The maximum absolute atomic E-state index is 11.2. The van der Waals surface area contributed by atoms with Crippen molar-refractivity contribution in [2.45, 2.75) is 40.5 Å². The van der Waals surface area contributed by atoms with E-state index in [9.17, 15) is 9.59 Å². The lowest BCUT2D eigenvalue weighted by Gasteiger charge is -2.00. The fourth-order valence-electron chi connectivity index (χ4n) is 0.870. The van der Waals surface area contributed by atoms with Crippen molar-refractivity contribution in [2.75, 3.05) is 0 Å². The van der Waals surface area contributed by atoms with Crippen LogP contribution in [0.4, 0.5) is 0 Å². The lowest BCUT2D eigenvalue weighted by atomic mass is 10.0. The minimum absolute atomic E-state index is 0.0838. The van der Waals surface area contributed by atoms with Crippen LogP contribution in [0.2, 0.25) is 0 Å². The zero-order chi connectivity index (χ0) is 11.1. The Morgan fingerprint density at radius 1 is 0.857 bits per heavy atom. The van der Waals surface area contributed by atoms with Gasteiger partial charge in [0.1, 0.15) is 11.6 Å². The summed E-state index contributed by atoms with van der Waals surface area (Å²) < 4.78 is 0. The Morgan fingerprint density at radius 3 is 1.36 bits per heavy atom. The molecule has 0 aromatic carbocycles. The van der Waals surface area contributed by atoms with Gasteiger partial charge in [-0.25, -0.2) is 0 Å². The highest BCUT2D eigenvalue weighted by Crippen LogP contribution is 2.02. The molecule has 0 bridgehead atoms. The fraction of sp³-hybridized carbons (Fsp3) is 0.667. The Balaban J connectivity index is 3.75. The van der Waals surface area contributed by atoms with E-state index in [1.165, 1.54) is 0 Å². The van der Waals surface area contributed by atoms with Gasteiger partial charge in [-0.3, -0.25) is 9.59 Å². The minimum Gasteiger partial charge on any atom is -0.299 e. The zero-order valence-corrected chi connectivity index (χ0v) is 9.54. The largest absolute Gasteiger partial charge is 0.299 e. The van der Waals surface area contributed by atoms with Gasteiger partial charge in [-0.15, -0.1) is 0 Å². The Bertz CT molecular complexity index is 200. The molecule has 0 heterocycles. The molecule has 0 aromatic rings. The molecule has 0 spiro atoms. The van der Waals surface area contributed by atoms with E-state index in [0.29, 0.717) is 12.8 Å². The third kappa shape index (κ3) is 5.68. The maximum atomic E-state index is 11.2. The van der Waals surface area contributed by atoms with Crippen LogP contribution in [-0.2, 0) is 9.59 Å². The molecular formula is C12H20O2. The predicted octanol–water partition coefficient (Wildman–Crippen LogP) is 2.77. The monoisotopic (exact) mass is 196 g/mol. The fourth-order valence-corrected chi connectivity index (χ4v) is 0.870. The van der Waals surface area contributed by atoms with Crippen LogP contribution in [0.25, 0.3) is 0 Å². The smallest absolute Gasteiger partial charge is 0.139 e. The van der Waals surface area contributed by atoms with E-state index in [1.807, 2.05) is 27.7 Å². The molecule has 80 valence electrons. The Morgan fingerprint density at radius 2 is 1.14 bits per heavy atom. The molecule has 0 atom stereocenters. The summed E-state index contributed by atoms with van der Waals surface area (Å²) >= 11 is 0. The molecule has 0 aliphatic heterocycles. The zero-order valence-electron chi connectivity index (χ0n) is 9.54. The lowest BCUT2D eigenvalue weighted by molar-refractivity contribution is -0.122. The topological polar surface area (TPSA) is 34.1 Å². The van der Waals surface area contributed by atoms with Gasteiger partial charge >= 0.3 is 0 Å². The SMILES string of the molecule is CC(C)C(=O)C/C=C/CC(=O)C(C)C. The van der Waals surface area contributed by atoms with Gasteiger partial charge in [0.25, 0.3) is 0 Å². The second-order valence-electron chi connectivity index (χ2n) is 4.12. The van der Waals surface area contributed by atoms with Crippen LogP contribution in [0, 0.1) is 11.8 Å². The van der Waals surface area contributed by atoms with E-state index in [2.05, 4.69) is 0 Å². The Hall–Kier alpha value is -0.920. The Kier molecular flexibility index (Phi) is 6.09. The highest BCUT2D eigenvalue weighted by Gasteiger charge is 2.05. The predicted molar refractivity (Wildman–Crippen MR) is 58.1 cm³/mol. The first-order valence-electron chi connectivity index (χ1n) is 5.15. The van der Waals surface area contributed by atoms with Gasteiger partial charge in [0.15, 0.2) is 0 Å². The maximum Gasteiger partial charge on any atom is 0.139 e. The second kappa shape index (κ2) is 6.52. The quantitative estimate of drug-likeness (QED) is 0.612. The molecule has 0 saturated carbocycles. The number of allylic oxidation sites excluding steroid dienone is 2.